The molecule has 36 heavy (non-hydrogen) atoms. The Bertz CT molecular complexity index is 1070. The molecule has 1 aromatic heterocycles. The number of methoxy groups -OCH3 is 1. The number of nitrogens with zero attached hydrogens (tertiary/aromatic N) is 4. The summed E-state index contributed by atoms with van der Waals surface area (Å²) in [5.41, 5.74) is 9.36. The van der Waals surface area contributed by atoms with E-state index in [-0.39, 0.29) is 18.1 Å². The second kappa shape index (κ2) is 11.3. The van der Waals surface area contributed by atoms with Gasteiger partial charge in [0.25, 0.3) is 0 Å². The summed E-state index contributed by atoms with van der Waals surface area (Å²) in [7, 11) is 3.85. The average Bonchev–Trinajstić information content (AvgIpc) is 2.89. The first-order valence-electron chi connectivity index (χ1n) is 12.7. The van der Waals surface area contributed by atoms with E-state index in [1.807, 2.05) is 6.92 Å². The highest BCUT2D eigenvalue weighted by molar-refractivity contribution is 6.39. The maximum atomic E-state index is 13.4. The van der Waals surface area contributed by atoms with Gasteiger partial charge in [0.2, 0.25) is 0 Å². The van der Waals surface area contributed by atoms with Crippen molar-refractivity contribution in [2.75, 3.05) is 62.8 Å². The fourth-order valence-electron chi connectivity index (χ4n) is 5.16. The summed E-state index contributed by atoms with van der Waals surface area (Å²) in [4.78, 5) is 37.0. The molecular weight excluding hydrogens is 456 g/mol. The average molecular weight is 495 g/mol. The Morgan fingerprint density at radius 2 is 1.86 bits per heavy atom. The van der Waals surface area contributed by atoms with Gasteiger partial charge in [0.05, 0.1) is 24.0 Å². The van der Waals surface area contributed by atoms with Crippen molar-refractivity contribution >= 4 is 29.0 Å². The number of aryl methyl sites for hydroxylation is 1. The number of hydrogen-bond acceptors (Lipinski definition) is 7. The van der Waals surface area contributed by atoms with Crippen LogP contribution in [0.25, 0.3) is 0 Å². The number of likely N-dealkylation sites (N-methyl/N-ethyl adjacent to an activating group) is 1. The molecule has 2 amide bonds. The predicted octanol–water partition coefficient (Wildman–Crippen LogP) is 2.54. The van der Waals surface area contributed by atoms with E-state index in [2.05, 4.69) is 58.3 Å². The molecular formula is C27H38N6O3. The zero-order valence-electron chi connectivity index (χ0n) is 21.7. The monoisotopic (exact) mass is 494 g/mol. The van der Waals surface area contributed by atoms with Crippen LogP contribution in [0.15, 0.2) is 36.5 Å². The first kappa shape index (κ1) is 25.9. The van der Waals surface area contributed by atoms with Crippen LogP contribution < -0.4 is 16.0 Å². The van der Waals surface area contributed by atoms with Gasteiger partial charge in [-0.05, 0) is 49.2 Å². The molecule has 194 valence electrons. The van der Waals surface area contributed by atoms with Crippen molar-refractivity contribution in [3.63, 3.8) is 0 Å². The third-order valence-electron chi connectivity index (χ3n) is 7.50. The number of benzene rings is 1. The second-order valence-electron chi connectivity index (χ2n) is 9.92. The number of nitrogens with one attached hydrogen (secondary N) is 1. The number of anilines is 3. The topological polar surface area (TPSA) is 104 Å². The van der Waals surface area contributed by atoms with E-state index >= 15 is 0 Å². The van der Waals surface area contributed by atoms with E-state index in [4.69, 9.17) is 10.5 Å². The molecule has 0 saturated carbocycles. The summed E-state index contributed by atoms with van der Waals surface area (Å²) in [6.07, 6.45) is 2.81. The van der Waals surface area contributed by atoms with Crippen molar-refractivity contribution in [2.45, 2.75) is 38.8 Å². The number of amides is 2. The SMILES string of the molecule is CCc1cc(NC(=O)C(=O)N2C[C@H](C)[C@H](OC)C[C@H]2c2ccc(N3CCN(C)CC3)cc2)cnc1N. The molecule has 3 N–H and O–H groups in total. The highest BCUT2D eigenvalue weighted by Gasteiger charge is 2.39. The van der Waals surface area contributed by atoms with Crippen molar-refractivity contribution in [1.29, 1.82) is 0 Å². The fourth-order valence-corrected chi connectivity index (χ4v) is 5.16. The number of piperidine rings is 1. The normalized spacial score (nSPS) is 22.9. The number of piperazine rings is 1. The van der Waals surface area contributed by atoms with Crippen LogP contribution in [0.4, 0.5) is 17.2 Å². The van der Waals surface area contributed by atoms with Crippen molar-refractivity contribution in [2.24, 2.45) is 5.92 Å². The molecule has 3 heterocycles. The number of likely N-dealkylation sites (tertiary alicyclic amines) is 1. The lowest BCUT2D eigenvalue weighted by Crippen LogP contribution is -2.50. The molecule has 0 radical (unpaired) electrons. The number of aromatic nitrogens is 1. The lowest BCUT2D eigenvalue weighted by Gasteiger charge is -2.42. The first-order chi connectivity index (χ1) is 17.3. The van der Waals surface area contributed by atoms with Crippen LogP contribution in [0, 0.1) is 5.92 Å². The lowest BCUT2D eigenvalue weighted by atomic mass is 9.87. The molecule has 2 fully saturated rings. The Hall–Kier alpha value is -3.17. The van der Waals surface area contributed by atoms with E-state index < -0.39 is 11.8 Å². The van der Waals surface area contributed by atoms with Gasteiger partial charge in [-0.3, -0.25) is 9.59 Å². The van der Waals surface area contributed by atoms with Crippen LogP contribution in [-0.4, -0.2) is 79.6 Å². The van der Waals surface area contributed by atoms with Crippen molar-refractivity contribution in [1.82, 2.24) is 14.8 Å². The molecule has 2 aromatic rings. The molecule has 2 aliphatic rings. The summed E-state index contributed by atoms with van der Waals surface area (Å²) in [5.74, 6) is -0.694. The van der Waals surface area contributed by atoms with Crippen LogP contribution in [0.5, 0.6) is 0 Å². The molecule has 0 unspecified atom stereocenters. The molecule has 9 heteroatoms. The largest absolute Gasteiger partial charge is 0.383 e. The molecule has 2 aliphatic heterocycles. The number of ether oxygens (including phenoxy) is 1. The summed E-state index contributed by atoms with van der Waals surface area (Å²) in [6.45, 7) is 8.52. The Labute approximate surface area is 213 Å². The summed E-state index contributed by atoms with van der Waals surface area (Å²) in [6, 6.07) is 9.92. The Morgan fingerprint density at radius 1 is 1.17 bits per heavy atom. The van der Waals surface area contributed by atoms with Gasteiger partial charge in [0.1, 0.15) is 5.82 Å². The molecule has 2 saturated heterocycles. The minimum Gasteiger partial charge on any atom is -0.383 e. The predicted molar refractivity (Wildman–Crippen MR) is 142 cm³/mol. The van der Waals surface area contributed by atoms with E-state index in [1.54, 1.807) is 18.1 Å². The minimum atomic E-state index is -0.675. The van der Waals surface area contributed by atoms with Crippen LogP contribution >= 0.6 is 0 Å². The van der Waals surface area contributed by atoms with Crippen molar-refractivity contribution < 1.29 is 14.3 Å². The number of rotatable bonds is 5. The summed E-state index contributed by atoms with van der Waals surface area (Å²) < 4.78 is 5.73. The van der Waals surface area contributed by atoms with Crippen molar-refractivity contribution in [3.05, 3.63) is 47.7 Å². The van der Waals surface area contributed by atoms with Crippen LogP contribution in [0.1, 0.15) is 37.4 Å². The minimum absolute atomic E-state index is 0.00725. The van der Waals surface area contributed by atoms with Gasteiger partial charge in [0.15, 0.2) is 0 Å². The number of nitrogens with two attached hydrogens (primary N) is 1. The first-order valence-corrected chi connectivity index (χ1v) is 12.7. The lowest BCUT2D eigenvalue weighted by molar-refractivity contribution is -0.149. The third-order valence-corrected chi connectivity index (χ3v) is 7.50. The Morgan fingerprint density at radius 3 is 2.50 bits per heavy atom. The number of hydrogen-bond donors (Lipinski definition) is 2. The van der Waals surface area contributed by atoms with Gasteiger partial charge in [-0.15, -0.1) is 0 Å². The highest BCUT2D eigenvalue weighted by atomic mass is 16.5. The summed E-state index contributed by atoms with van der Waals surface area (Å²) >= 11 is 0. The fraction of sp³-hybridized carbons (Fsp3) is 0.519. The zero-order chi connectivity index (χ0) is 25.8. The van der Waals surface area contributed by atoms with Gasteiger partial charge in [-0.1, -0.05) is 26.0 Å². The van der Waals surface area contributed by atoms with Crippen LogP contribution in [0.2, 0.25) is 0 Å². The molecule has 0 spiro atoms. The maximum absolute atomic E-state index is 13.4. The van der Waals surface area contributed by atoms with Gasteiger partial charge < -0.3 is 30.5 Å². The standard InChI is InChI=1S/C27H38N6O3/c1-5-19-14-21(16-29-25(19)28)30-26(34)27(35)33-17-18(2)24(36-4)15-23(33)20-6-8-22(9-7-20)32-12-10-31(3)11-13-32/h6-9,14,16,18,23-24H,5,10-13,15,17H2,1-4H3,(H2,28,29)(H,30,34)/t18-,23-,24+/m0/s1. The zero-order valence-corrected chi connectivity index (χ0v) is 21.7. The second-order valence-corrected chi connectivity index (χ2v) is 9.92. The third kappa shape index (κ3) is 5.63. The van der Waals surface area contributed by atoms with E-state index in [9.17, 15) is 9.59 Å². The van der Waals surface area contributed by atoms with Crippen molar-refractivity contribution in [3.8, 4) is 0 Å². The number of nitrogen functional groups attached to an aromatic ring is 1. The maximum Gasteiger partial charge on any atom is 0.313 e. The molecule has 1 aromatic carbocycles. The number of carbonyl (C=O) groups excluding carboxylic acids is 2. The van der Waals surface area contributed by atoms with Gasteiger partial charge >= 0.3 is 11.8 Å². The van der Waals surface area contributed by atoms with E-state index in [0.717, 1.165) is 37.3 Å². The Balaban J connectivity index is 1.52. The Kier molecular flexibility index (Phi) is 8.11. The van der Waals surface area contributed by atoms with Crippen LogP contribution in [-0.2, 0) is 20.7 Å². The van der Waals surface area contributed by atoms with Gasteiger partial charge in [0, 0.05) is 51.4 Å². The molecule has 0 aliphatic carbocycles. The van der Waals surface area contributed by atoms with E-state index in [0.29, 0.717) is 30.9 Å². The molecule has 0 bridgehead atoms. The highest BCUT2D eigenvalue weighted by Crippen LogP contribution is 2.36. The number of carbonyl (C=O) groups is 2. The van der Waals surface area contributed by atoms with Crippen LogP contribution in [0.3, 0.4) is 0 Å². The molecule has 3 atom stereocenters. The summed E-state index contributed by atoms with van der Waals surface area (Å²) in [5, 5.41) is 2.72. The quantitative estimate of drug-likeness (QED) is 0.616. The van der Waals surface area contributed by atoms with Gasteiger partial charge in [-0.25, -0.2) is 4.98 Å². The van der Waals surface area contributed by atoms with Gasteiger partial charge in [-0.2, -0.15) is 0 Å². The molecule has 4 rings (SSSR count). The molecule has 9 nitrogen and oxygen atoms in total. The number of pyridine rings is 1. The van der Waals surface area contributed by atoms with E-state index in [1.165, 1.54) is 11.9 Å². The smallest absolute Gasteiger partial charge is 0.313 e.